The molecule has 1 N–H and O–H groups in total. The number of nitriles is 1. The Morgan fingerprint density at radius 1 is 1.70 bits per heavy atom. The normalized spacial score (nSPS) is 8.70. The van der Waals surface area contributed by atoms with E-state index in [2.05, 4.69) is 4.98 Å². The monoisotopic (exact) mass is 134 g/mol. The third-order valence-corrected chi connectivity index (χ3v) is 1.10. The fraction of sp³-hybridized carbons (Fsp3) is 0.143. The average Bonchev–Trinajstić information content (AvgIpc) is 1.88. The standard InChI is InChI=1S/C7H6N2O/c8-3-1-6-5-7(10)2-4-9-6/h2,4-5H,1H2,(H,9,10). The molecule has 10 heavy (non-hydrogen) atoms. The van der Waals surface area contributed by atoms with Crippen molar-refractivity contribution in [2.45, 2.75) is 6.42 Å². The van der Waals surface area contributed by atoms with E-state index in [1.165, 1.54) is 18.3 Å². The van der Waals surface area contributed by atoms with Crippen molar-refractivity contribution in [2.24, 2.45) is 0 Å². The summed E-state index contributed by atoms with van der Waals surface area (Å²) in [6.45, 7) is 0. The number of nitrogens with zero attached hydrogens (tertiary/aromatic N) is 1. The minimum absolute atomic E-state index is 0.0657. The van der Waals surface area contributed by atoms with Crippen molar-refractivity contribution < 1.29 is 0 Å². The highest BCUT2D eigenvalue weighted by Crippen LogP contribution is 1.87. The van der Waals surface area contributed by atoms with Gasteiger partial charge in [0.2, 0.25) is 0 Å². The van der Waals surface area contributed by atoms with Crippen LogP contribution in [0.1, 0.15) is 5.69 Å². The molecule has 0 aliphatic heterocycles. The summed E-state index contributed by atoms with van der Waals surface area (Å²) in [7, 11) is 0. The minimum Gasteiger partial charge on any atom is -0.364 e. The third-order valence-electron chi connectivity index (χ3n) is 1.10. The van der Waals surface area contributed by atoms with Crippen LogP contribution in [0.3, 0.4) is 0 Å². The molecule has 0 saturated heterocycles. The highest BCUT2D eigenvalue weighted by atomic mass is 16.1. The summed E-state index contributed by atoms with van der Waals surface area (Å²) in [5.74, 6) is 0. The van der Waals surface area contributed by atoms with Crippen LogP contribution >= 0.6 is 0 Å². The van der Waals surface area contributed by atoms with Crippen LogP contribution in [0, 0.1) is 11.3 Å². The second-order valence-electron chi connectivity index (χ2n) is 1.88. The van der Waals surface area contributed by atoms with Gasteiger partial charge in [0.25, 0.3) is 0 Å². The Morgan fingerprint density at radius 2 is 2.50 bits per heavy atom. The lowest BCUT2D eigenvalue weighted by atomic mass is 10.3. The molecule has 0 aliphatic carbocycles. The SMILES string of the molecule is N#CCc1cc(=O)cc[nH]1. The zero-order valence-corrected chi connectivity index (χ0v) is 5.29. The molecular weight excluding hydrogens is 128 g/mol. The number of aromatic nitrogens is 1. The van der Waals surface area contributed by atoms with E-state index in [1.807, 2.05) is 6.07 Å². The predicted molar refractivity (Wildman–Crippen MR) is 36.4 cm³/mol. The van der Waals surface area contributed by atoms with Gasteiger partial charge in [0, 0.05) is 24.0 Å². The van der Waals surface area contributed by atoms with Gasteiger partial charge in [-0.3, -0.25) is 4.79 Å². The molecule has 1 rings (SSSR count). The van der Waals surface area contributed by atoms with E-state index in [0.29, 0.717) is 5.69 Å². The smallest absolute Gasteiger partial charge is 0.181 e. The number of aromatic amines is 1. The van der Waals surface area contributed by atoms with Gasteiger partial charge in [0.1, 0.15) is 0 Å². The van der Waals surface area contributed by atoms with Gasteiger partial charge < -0.3 is 4.98 Å². The summed E-state index contributed by atoms with van der Waals surface area (Å²) in [5, 5.41) is 8.24. The number of hydrogen-bond acceptors (Lipinski definition) is 2. The van der Waals surface area contributed by atoms with Crippen LogP contribution in [0.25, 0.3) is 0 Å². The first-order valence-electron chi connectivity index (χ1n) is 2.87. The molecule has 3 nitrogen and oxygen atoms in total. The summed E-state index contributed by atoms with van der Waals surface area (Å²) in [4.78, 5) is 13.4. The second-order valence-corrected chi connectivity index (χ2v) is 1.88. The molecule has 0 fully saturated rings. The summed E-state index contributed by atoms with van der Waals surface area (Å²) in [6.07, 6.45) is 1.80. The molecular formula is C7H6N2O. The van der Waals surface area contributed by atoms with Crippen LogP contribution in [0.2, 0.25) is 0 Å². The van der Waals surface area contributed by atoms with Gasteiger partial charge in [-0.1, -0.05) is 0 Å². The van der Waals surface area contributed by atoms with Gasteiger partial charge in [0.05, 0.1) is 12.5 Å². The number of nitrogens with one attached hydrogen (secondary N) is 1. The molecule has 3 heteroatoms. The van der Waals surface area contributed by atoms with Gasteiger partial charge >= 0.3 is 0 Å². The van der Waals surface area contributed by atoms with Crippen molar-refractivity contribution in [1.82, 2.24) is 4.98 Å². The van der Waals surface area contributed by atoms with Crippen LogP contribution in [0.5, 0.6) is 0 Å². The number of H-pyrrole nitrogens is 1. The van der Waals surface area contributed by atoms with Crippen LogP contribution in [0.4, 0.5) is 0 Å². The molecule has 0 atom stereocenters. The van der Waals surface area contributed by atoms with Crippen LogP contribution in [-0.4, -0.2) is 4.98 Å². The molecule has 0 aliphatic rings. The Morgan fingerprint density at radius 3 is 3.10 bits per heavy atom. The van der Waals surface area contributed by atoms with Crippen molar-refractivity contribution in [3.05, 3.63) is 34.2 Å². The highest BCUT2D eigenvalue weighted by Gasteiger charge is 1.89. The minimum atomic E-state index is -0.0657. The van der Waals surface area contributed by atoms with Crippen LogP contribution in [0.15, 0.2) is 23.1 Å². The summed E-state index contributed by atoms with van der Waals surface area (Å²) in [5.41, 5.74) is 0.596. The van der Waals surface area contributed by atoms with E-state index in [-0.39, 0.29) is 11.8 Å². The number of hydrogen-bond donors (Lipinski definition) is 1. The van der Waals surface area contributed by atoms with E-state index >= 15 is 0 Å². The Bertz CT molecular complexity index is 308. The Kier molecular flexibility index (Phi) is 1.86. The fourth-order valence-corrected chi connectivity index (χ4v) is 0.680. The zero-order valence-electron chi connectivity index (χ0n) is 5.29. The summed E-state index contributed by atoms with van der Waals surface area (Å²) in [6, 6.07) is 4.78. The lowest BCUT2D eigenvalue weighted by Crippen LogP contribution is -1.99. The molecule has 1 heterocycles. The molecule has 0 radical (unpaired) electrons. The van der Waals surface area contributed by atoms with Crippen molar-refractivity contribution in [3.63, 3.8) is 0 Å². The molecule has 1 aromatic rings. The van der Waals surface area contributed by atoms with Crippen LogP contribution < -0.4 is 5.43 Å². The Hall–Kier alpha value is -1.56. The number of pyridine rings is 1. The van der Waals surface area contributed by atoms with E-state index in [1.54, 1.807) is 0 Å². The Balaban J connectivity index is 2.98. The molecule has 0 spiro atoms. The van der Waals surface area contributed by atoms with Gasteiger partial charge in [-0.2, -0.15) is 5.26 Å². The maximum Gasteiger partial charge on any atom is 0.181 e. The van der Waals surface area contributed by atoms with Crippen molar-refractivity contribution in [1.29, 1.82) is 5.26 Å². The maximum absolute atomic E-state index is 10.6. The largest absolute Gasteiger partial charge is 0.364 e. The van der Waals surface area contributed by atoms with Gasteiger partial charge in [-0.15, -0.1) is 0 Å². The molecule has 1 aromatic heterocycles. The van der Waals surface area contributed by atoms with Crippen molar-refractivity contribution in [2.75, 3.05) is 0 Å². The molecule has 0 aromatic carbocycles. The third kappa shape index (κ3) is 1.46. The predicted octanol–water partition coefficient (Wildman–Crippen LogP) is 0.441. The molecule has 50 valence electrons. The second kappa shape index (κ2) is 2.83. The quantitative estimate of drug-likeness (QED) is 0.605. The fourth-order valence-electron chi connectivity index (χ4n) is 0.680. The molecule has 0 amide bonds. The van der Waals surface area contributed by atoms with Gasteiger partial charge in [-0.25, -0.2) is 0 Å². The van der Waals surface area contributed by atoms with Crippen molar-refractivity contribution >= 4 is 0 Å². The van der Waals surface area contributed by atoms with E-state index in [9.17, 15) is 4.79 Å². The maximum atomic E-state index is 10.6. The average molecular weight is 134 g/mol. The first kappa shape index (κ1) is 6.56. The molecule has 0 unspecified atom stereocenters. The summed E-state index contributed by atoms with van der Waals surface area (Å²) < 4.78 is 0. The van der Waals surface area contributed by atoms with E-state index in [0.717, 1.165) is 0 Å². The topological polar surface area (TPSA) is 56.6 Å². The Labute approximate surface area is 57.9 Å². The van der Waals surface area contributed by atoms with Crippen LogP contribution in [-0.2, 0) is 6.42 Å². The first-order chi connectivity index (χ1) is 4.83. The zero-order chi connectivity index (χ0) is 7.40. The summed E-state index contributed by atoms with van der Waals surface area (Å²) >= 11 is 0. The molecule has 0 bridgehead atoms. The molecule has 0 saturated carbocycles. The highest BCUT2D eigenvalue weighted by molar-refractivity contribution is 5.07. The van der Waals surface area contributed by atoms with Gasteiger partial charge in [-0.05, 0) is 0 Å². The number of rotatable bonds is 1. The van der Waals surface area contributed by atoms with Crippen molar-refractivity contribution in [3.8, 4) is 6.07 Å². The lowest BCUT2D eigenvalue weighted by molar-refractivity contribution is 1.10. The van der Waals surface area contributed by atoms with E-state index in [4.69, 9.17) is 5.26 Å². The van der Waals surface area contributed by atoms with E-state index < -0.39 is 0 Å². The lowest BCUT2D eigenvalue weighted by Gasteiger charge is -1.89. The van der Waals surface area contributed by atoms with Gasteiger partial charge in [0.15, 0.2) is 5.43 Å². The first-order valence-corrected chi connectivity index (χ1v) is 2.87.